The van der Waals surface area contributed by atoms with Crippen molar-refractivity contribution in [1.82, 2.24) is 20.1 Å². The number of carbonyl (C=O) groups excluding carboxylic acids is 1. The van der Waals surface area contributed by atoms with Crippen molar-refractivity contribution < 1.29 is 22.0 Å². The number of anilines is 1. The van der Waals surface area contributed by atoms with Crippen molar-refractivity contribution in [2.24, 2.45) is 5.92 Å². The molecule has 3 aromatic rings. The molecule has 1 aliphatic heterocycles. The standard InChI is InChI=1S/C29H30F2N6O3S/c30-20-15-25(27(31)33-16-20)37-17-24(19-5-7-21(8-6-19)36-11-13-41(39,40)14-12-36)26(35-37)22-3-1-2-4-23(22)28(38)34-29(18-32)9-10-29/h5-8,15-17,22-23H,1-4,9-14H2,(H,34,38)/t22-,23-/m1/s1. The van der Waals surface area contributed by atoms with Crippen LogP contribution in [-0.2, 0) is 14.6 Å². The van der Waals surface area contributed by atoms with Gasteiger partial charge in [0, 0.05) is 48.4 Å². The first-order chi connectivity index (χ1) is 19.7. The van der Waals surface area contributed by atoms with Crippen LogP contribution in [0.2, 0.25) is 0 Å². The lowest BCUT2D eigenvalue weighted by Gasteiger charge is -2.31. The Morgan fingerprint density at radius 1 is 1.10 bits per heavy atom. The lowest BCUT2D eigenvalue weighted by molar-refractivity contribution is -0.127. The Kier molecular flexibility index (Phi) is 7.01. The number of hydrogen-bond donors (Lipinski definition) is 1. The minimum Gasteiger partial charge on any atom is -0.369 e. The molecule has 0 radical (unpaired) electrons. The third kappa shape index (κ3) is 5.55. The summed E-state index contributed by atoms with van der Waals surface area (Å²) in [5, 5.41) is 17.2. The normalized spacial score (nSPS) is 23.0. The number of nitriles is 1. The molecule has 1 amide bonds. The fourth-order valence-corrected chi connectivity index (χ4v) is 7.09. The van der Waals surface area contributed by atoms with E-state index in [0.29, 0.717) is 50.0 Å². The second-order valence-corrected chi connectivity index (χ2v) is 13.5. The van der Waals surface area contributed by atoms with Gasteiger partial charge in [0.1, 0.15) is 17.0 Å². The third-order valence-electron chi connectivity index (χ3n) is 8.45. The van der Waals surface area contributed by atoms with Crippen LogP contribution in [0.4, 0.5) is 14.5 Å². The van der Waals surface area contributed by atoms with E-state index < -0.39 is 33.1 Å². The molecule has 2 saturated carbocycles. The monoisotopic (exact) mass is 580 g/mol. The summed E-state index contributed by atoms with van der Waals surface area (Å²) in [6.07, 6.45) is 6.78. The van der Waals surface area contributed by atoms with Gasteiger partial charge in [-0.1, -0.05) is 25.0 Å². The summed E-state index contributed by atoms with van der Waals surface area (Å²) < 4.78 is 53.8. The van der Waals surface area contributed by atoms with Crippen molar-refractivity contribution in [1.29, 1.82) is 5.26 Å². The highest BCUT2D eigenvalue weighted by atomic mass is 32.2. The zero-order valence-electron chi connectivity index (χ0n) is 22.4. The first-order valence-corrected chi connectivity index (χ1v) is 15.7. The first-order valence-electron chi connectivity index (χ1n) is 13.9. The number of nitrogens with one attached hydrogen (secondary N) is 1. The number of sulfone groups is 1. The molecule has 12 heteroatoms. The van der Waals surface area contributed by atoms with E-state index in [0.717, 1.165) is 36.4 Å². The molecule has 214 valence electrons. The number of aromatic nitrogens is 3. The Hall–Kier alpha value is -3.85. The van der Waals surface area contributed by atoms with E-state index in [4.69, 9.17) is 5.10 Å². The van der Waals surface area contributed by atoms with Crippen molar-refractivity contribution in [3.8, 4) is 22.9 Å². The van der Waals surface area contributed by atoms with E-state index in [-0.39, 0.29) is 29.0 Å². The number of amides is 1. The van der Waals surface area contributed by atoms with Crippen molar-refractivity contribution >= 4 is 21.4 Å². The SMILES string of the molecule is N#CC1(NC(=O)[C@@H]2CCCC[C@H]2c2nn(-c3cc(F)cnc3F)cc2-c2ccc(N3CCS(=O)(=O)CC3)cc2)CC1. The Morgan fingerprint density at radius 3 is 2.49 bits per heavy atom. The number of benzene rings is 1. The zero-order chi connectivity index (χ0) is 28.8. The third-order valence-corrected chi connectivity index (χ3v) is 10.1. The van der Waals surface area contributed by atoms with E-state index in [9.17, 15) is 27.3 Å². The van der Waals surface area contributed by atoms with E-state index in [1.165, 1.54) is 4.68 Å². The van der Waals surface area contributed by atoms with Crippen LogP contribution in [0.3, 0.4) is 0 Å². The molecular formula is C29H30F2N6O3S. The quantitative estimate of drug-likeness (QED) is 0.439. The van der Waals surface area contributed by atoms with Crippen molar-refractivity contribution in [3.05, 3.63) is 60.2 Å². The molecule has 6 rings (SSSR count). The molecular weight excluding hydrogens is 550 g/mol. The van der Waals surface area contributed by atoms with Gasteiger partial charge in [-0.05, 0) is 43.4 Å². The molecule has 3 aliphatic rings. The summed E-state index contributed by atoms with van der Waals surface area (Å²) in [6, 6.07) is 10.9. The molecule has 2 atom stereocenters. The molecule has 3 fully saturated rings. The minimum absolute atomic E-state index is 0.108. The highest BCUT2D eigenvalue weighted by Gasteiger charge is 2.47. The van der Waals surface area contributed by atoms with Crippen LogP contribution in [0.25, 0.3) is 16.8 Å². The molecule has 2 aromatic heterocycles. The average Bonchev–Trinajstić information content (AvgIpc) is 3.61. The summed E-state index contributed by atoms with van der Waals surface area (Å²) in [7, 11) is -3.01. The zero-order valence-corrected chi connectivity index (χ0v) is 23.2. The summed E-state index contributed by atoms with van der Waals surface area (Å²) in [5.74, 6) is -2.23. The van der Waals surface area contributed by atoms with Gasteiger partial charge in [0.15, 0.2) is 9.84 Å². The van der Waals surface area contributed by atoms with Crippen LogP contribution in [0.1, 0.15) is 50.1 Å². The molecule has 0 spiro atoms. The van der Waals surface area contributed by atoms with Gasteiger partial charge in [0.25, 0.3) is 0 Å². The molecule has 0 bridgehead atoms. The Labute approximate surface area is 237 Å². The Bertz CT molecular complexity index is 1610. The van der Waals surface area contributed by atoms with Gasteiger partial charge in [-0.25, -0.2) is 22.5 Å². The maximum absolute atomic E-state index is 14.7. The first kappa shape index (κ1) is 27.3. The Morgan fingerprint density at radius 2 is 1.80 bits per heavy atom. The number of rotatable bonds is 6. The molecule has 2 aliphatic carbocycles. The summed E-state index contributed by atoms with van der Waals surface area (Å²) in [5.41, 5.74) is 2.03. The van der Waals surface area contributed by atoms with Crippen molar-refractivity contribution in [2.45, 2.75) is 50.0 Å². The van der Waals surface area contributed by atoms with Gasteiger partial charge in [0.2, 0.25) is 11.9 Å². The van der Waals surface area contributed by atoms with E-state index in [1.54, 1.807) is 6.20 Å². The van der Waals surface area contributed by atoms with E-state index in [2.05, 4.69) is 16.4 Å². The predicted octanol–water partition coefficient (Wildman–Crippen LogP) is 3.89. The van der Waals surface area contributed by atoms with E-state index in [1.807, 2.05) is 29.2 Å². The maximum atomic E-state index is 14.7. The number of halogens is 2. The number of carbonyl (C=O) groups is 1. The van der Waals surface area contributed by atoms with Crippen LogP contribution in [-0.4, -0.2) is 59.2 Å². The molecule has 0 unspecified atom stereocenters. The van der Waals surface area contributed by atoms with Gasteiger partial charge in [-0.2, -0.15) is 14.8 Å². The highest BCUT2D eigenvalue weighted by Crippen LogP contribution is 2.43. The maximum Gasteiger partial charge on any atom is 0.238 e. The highest BCUT2D eigenvalue weighted by molar-refractivity contribution is 7.91. The van der Waals surface area contributed by atoms with Gasteiger partial charge in [-0.3, -0.25) is 4.79 Å². The molecule has 41 heavy (non-hydrogen) atoms. The lowest BCUT2D eigenvalue weighted by Crippen LogP contribution is -2.42. The fourth-order valence-electron chi connectivity index (χ4n) is 5.89. The smallest absolute Gasteiger partial charge is 0.238 e. The fraction of sp³-hybridized carbons (Fsp3) is 0.448. The van der Waals surface area contributed by atoms with Crippen LogP contribution in [0.15, 0.2) is 42.7 Å². The van der Waals surface area contributed by atoms with Gasteiger partial charge < -0.3 is 10.2 Å². The summed E-state index contributed by atoms with van der Waals surface area (Å²) >= 11 is 0. The number of nitrogens with zero attached hydrogens (tertiary/aromatic N) is 5. The van der Waals surface area contributed by atoms with Crippen LogP contribution in [0.5, 0.6) is 0 Å². The van der Waals surface area contributed by atoms with Gasteiger partial charge in [0.05, 0.1) is 29.5 Å². The van der Waals surface area contributed by atoms with Crippen LogP contribution < -0.4 is 10.2 Å². The summed E-state index contributed by atoms with van der Waals surface area (Å²) in [6.45, 7) is 0.833. The Balaban J connectivity index is 1.37. The average molecular weight is 581 g/mol. The largest absolute Gasteiger partial charge is 0.369 e. The lowest BCUT2D eigenvalue weighted by atomic mass is 9.75. The number of hydrogen-bond acceptors (Lipinski definition) is 7. The van der Waals surface area contributed by atoms with Crippen LogP contribution in [0, 0.1) is 29.0 Å². The molecule has 3 heterocycles. The van der Waals surface area contributed by atoms with Gasteiger partial charge in [-0.15, -0.1) is 0 Å². The topological polar surface area (TPSA) is 121 Å². The second-order valence-electron chi connectivity index (χ2n) is 11.2. The van der Waals surface area contributed by atoms with Gasteiger partial charge >= 0.3 is 0 Å². The molecule has 1 N–H and O–H groups in total. The molecule has 1 saturated heterocycles. The predicted molar refractivity (Wildman–Crippen MR) is 148 cm³/mol. The van der Waals surface area contributed by atoms with Crippen molar-refractivity contribution in [3.63, 3.8) is 0 Å². The number of pyridine rings is 1. The van der Waals surface area contributed by atoms with E-state index >= 15 is 0 Å². The van der Waals surface area contributed by atoms with Crippen molar-refractivity contribution in [2.75, 3.05) is 29.5 Å². The van der Waals surface area contributed by atoms with Crippen LogP contribution >= 0.6 is 0 Å². The molecule has 9 nitrogen and oxygen atoms in total. The summed E-state index contributed by atoms with van der Waals surface area (Å²) in [4.78, 5) is 18.9. The molecule has 1 aromatic carbocycles. The second kappa shape index (κ2) is 10.5. The minimum atomic E-state index is -3.01.